The van der Waals surface area contributed by atoms with Gasteiger partial charge in [-0.1, -0.05) is 44.5 Å². The smallest absolute Gasteiger partial charge is 0.0187 e. The Hall–Kier alpha value is -0.780. The van der Waals surface area contributed by atoms with Gasteiger partial charge in [-0.15, -0.1) is 0 Å². The van der Waals surface area contributed by atoms with Crippen molar-refractivity contribution in [2.75, 3.05) is 0 Å². The van der Waals surface area contributed by atoms with E-state index in [2.05, 4.69) is 32.0 Å². The summed E-state index contributed by atoms with van der Waals surface area (Å²) in [6, 6.07) is 6.90. The van der Waals surface area contributed by atoms with Crippen LogP contribution in [0.15, 0.2) is 18.2 Å². The first-order valence-corrected chi connectivity index (χ1v) is 5.87. The molecule has 1 aromatic carbocycles. The summed E-state index contributed by atoms with van der Waals surface area (Å²) in [5.41, 5.74) is 4.59. The van der Waals surface area contributed by atoms with Gasteiger partial charge in [-0.25, -0.2) is 0 Å². The SMILES string of the molecule is CC.Cc1ccc2c(c1)C(C)CCC2. The minimum Gasteiger partial charge on any atom is -0.0683 e. The fourth-order valence-electron chi connectivity index (χ4n) is 2.15. The Kier molecular flexibility index (Phi) is 4.19. The van der Waals surface area contributed by atoms with Gasteiger partial charge in [-0.3, -0.25) is 0 Å². The lowest BCUT2D eigenvalue weighted by Gasteiger charge is -2.22. The molecule has 78 valence electrons. The van der Waals surface area contributed by atoms with Crippen LogP contribution in [0.5, 0.6) is 0 Å². The van der Waals surface area contributed by atoms with Crippen LogP contribution < -0.4 is 0 Å². The molecule has 0 bridgehead atoms. The number of hydrogen-bond acceptors (Lipinski definition) is 0. The van der Waals surface area contributed by atoms with E-state index in [-0.39, 0.29) is 0 Å². The maximum atomic E-state index is 2.36. The predicted octanol–water partition coefficient (Wildman–Crippen LogP) is 4.46. The van der Waals surface area contributed by atoms with E-state index in [0.717, 1.165) is 5.92 Å². The molecule has 0 nitrogen and oxygen atoms in total. The molecule has 1 aliphatic rings. The van der Waals surface area contributed by atoms with Crippen molar-refractivity contribution in [3.63, 3.8) is 0 Å². The molecule has 0 saturated carbocycles. The molecule has 1 aliphatic carbocycles. The second-order valence-corrected chi connectivity index (χ2v) is 4.00. The molecule has 1 atom stereocenters. The zero-order chi connectivity index (χ0) is 10.6. The Morgan fingerprint density at radius 1 is 1.21 bits per heavy atom. The molecule has 0 fully saturated rings. The molecular weight excluding hydrogens is 168 g/mol. The van der Waals surface area contributed by atoms with Gasteiger partial charge in [0.15, 0.2) is 0 Å². The largest absolute Gasteiger partial charge is 0.0683 e. The van der Waals surface area contributed by atoms with Crippen molar-refractivity contribution < 1.29 is 0 Å². The molecule has 0 aliphatic heterocycles. The monoisotopic (exact) mass is 190 g/mol. The average molecular weight is 190 g/mol. The van der Waals surface area contributed by atoms with Gasteiger partial charge in [0.05, 0.1) is 0 Å². The van der Waals surface area contributed by atoms with E-state index in [4.69, 9.17) is 0 Å². The molecule has 0 aromatic heterocycles. The normalized spacial score (nSPS) is 19.3. The molecule has 1 unspecified atom stereocenters. The van der Waals surface area contributed by atoms with Gasteiger partial charge in [0.2, 0.25) is 0 Å². The average Bonchev–Trinajstić information content (AvgIpc) is 2.22. The highest BCUT2D eigenvalue weighted by molar-refractivity contribution is 5.35. The van der Waals surface area contributed by atoms with E-state index in [0.29, 0.717) is 0 Å². The van der Waals surface area contributed by atoms with E-state index in [9.17, 15) is 0 Å². The topological polar surface area (TPSA) is 0 Å². The standard InChI is InChI=1S/C12H16.C2H6/c1-9-6-7-11-5-3-4-10(2)12(11)8-9;1-2/h6-8,10H,3-5H2,1-2H3;1-2H3. The van der Waals surface area contributed by atoms with Gasteiger partial charge >= 0.3 is 0 Å². The van der Waals surface area contributed by atoms with Crippen molar-refractivity contribution >= 4 is 0 Å². The van der Waals surface area contributed by atoms with Gasteiger partial charge < -0.3 is 0 Å². The lowest BCUT2D eigenvalue weighted by Crippen LogP contribution is -2.06. The first-order valence-electron chi connectivity index (χ1n) is 5.87. The Bertz CT molecular complexity index is 286. The van der Waals surface area contributed by atoms with Crippen molar-refractivity contribution in [3.05, 3.63) is 34.9 Å². The highest BCUT2D eigenvalue weighted by atomic mass is 14.2. The fourth-order valence-corrected chi connectivity index (χ4v) is 2.15. The summed E-state index contributed by atoms with van der Waals surface area (Å²) in [5.74, 6) is 0.786. The Morgan fingerprint density at radius 2 is 1.93 bits per heavy atom. The van der Waals surface area contributed by atoms with Gasteiger partial charge in [0, 0.05) is 0 Å². The first-order chi connectivity index (χ1) is 6.77. The minimum atomic E-state index is 0.786. The van der Waals surface area contributed by atoms with E-state index in [1.807, 2.05) is 13.8 Å². The third-order valence-electron chi connectivity index (χ3n) is 2.92. The number of fused-ring (bicyclic) bond motifs is 1. The predicted molar refractivity (Wildman–Crippen MR) is 63.9 cm³/mol. The van der Waals surface area contributed by atoms with Crippen LogP contribution in [0, 0.1) is 6.92 Å². The molecule has 0 N–H and O–H groups in total. The minimum absolute atomic E-state index is 0.786. The second-order valence-electron chi connectivity index (χ2n) is 4.00. The molecule has 1 aromatic rings. The molecule has 14 heavy (non-hydrogen) atoms. The summed E-state index contributed by atoms with van der Waals surface area (Å²) in [7, 11) is 0. The van der Waals surface area contributed by atoms with Crippen LogP contribution in [0.3, 0.4) is 0 Å². The number of hydrogen-bond donors (Lipinski definition) is 0. The lowest BCUT2D eigenvalue weighted by atomic mass is 9.83. The molecule has 0 saturated heterocycles. The van der Waals surface area contributed by atoms with Crippen molar-refractivity contribution in [1.82, 2.24) is 0 Å². The maximum Gasteiger partial charge on any atom is -0.0187 e. The highest BCUT2D eigenvalue weighted by Crippen LogP contribution is 2.31. The number of rotatable bonds is 0. The Labute approximate surface area is 88.4 Å². The van der Waals surface area contributed by atoms with E-state index in [1.54, 1.807) is 11.1 Å². The molecule has 2 rings (SSSR count). The fraction of sp³-hybridized carbons (Fsp3) is 0.571. The lowest BCUT2D eigenvalue weighted by molar-refractivity contribution is 0.590. The number of aryl methyl sites for hydroxylation is 2. The quantitative estimate of drug-likeness (QED) is 0.566. The summed E-state index contributed by atoms with van der Waals surface area (Å²) < 4.78 is 0. The van der Waals surface area contributed by atoms with Gasteiger partial charge in [0.1, 0.15) is 0 Å². The molecular formula is C14H22. The van der Waals surface area contributed by atoms with E-state index >= 15 is 0 Å². The van der Waals surface area contributed by atoms with Crippen molar-refractivity contribution in [3.8, 4) is 0 Å². The molecule has 0 amide bonds. The van der Waals surface area contributed by atoms with Crippen LogP contribution in [-0.4, -0.2) is 0 Å². The van der Waals surface area contributed by atoms with Crippen LogP contribution >= 0.6 is 0 Å². The summed E-state index contributed by atoms with van der Waals surface area (Å²) in [4.78, 5) is 0. The zero-order valence-electron chi connectivity index (χ0n) is 9.93. The van der Waals surface area contributed by atoms with E-state index in [1.165, 1.54) is 24.8 Å². The van der Waals surface area contributed by atoms with E-state index < -0.39 is 0 Å². The zero-order valence-corrected chi connectivity index (χ0v) is 9.93. The van der Waals surface area contributed by atoms with Crippen molar-refractivity contribution in [2.45, 2.75) is 52.9 Å². The summed E-state index contributed by atoms with van der Waals surface area (Å²) in [5, 5.41) is 0. The summed E-state index contributed by atoms with van der Waals surface area (Å²) >= 11 is 0. The first kappa shape index (κ1) is 11.3. The third kappa shape index (κ3) is 2.37. The Balaban J connectivity index is 0.000000461. The Morgan fingerprint density at radius 3 is 2.64 bits per heavy atom. The van der Waals surface area contributed by atoms with Crippen molar-refractivity contribution in [1.29, 1.82) is 0 Å². The van der Waals surface area contributed by atoms with Crippen LogP contribution in [0.25, 0.3) is 0 Å². The van der Waals surface area contributed by atoms with Gasteiger partial charge in [0.25, 0.3) is 0 Å². The van der Waals surface area contributed by atoms with Crippen molar-refractivity contribution in [2.24, 2.45) is 0 Å². The molecule has 0 spiro atoms. The van der Waals surface area contributed by atoms with Crippen LogP contribution in [0.2, 0.25) is 0 Å². The number of benzene rings is 1. The summed E-state index contributed by atoms with van der Waals surface area (Å²) in [6.45, 7) is 8.53. The van der Waals surface area contributed by atoms with Crippen LogP contribution in [-0.2, 0) is 6.42 Å². The molecule has 0 heteroatoms. The molecule has 0 radical (unpaired) electrons. The third-order valence-corrected chi connectivity index (χ3v) is 2.92. The van der Waals surface area contributed by atoms with Crippen LogP contribution in [0.4, 0.5) is 0 Å². The summed E-state index contributed by atoms with van der Waals surface area (Å²) in [6.07, 6.45) is 4.04. The maximum absolute atomic E-state index is 2.36. The van der Waals surface area contributed by atoms with Crippen LogP contribution in [0.1, 0.15) is 56.2 Å². The van der Waals surface area contributed by atoms with Gasteiger partial charge in [-0.2, -0.15) is 0 Å². The highest BCUT2D eigenvalue weighted by Gasteiger charge is 2.15. The molecule has 0 heterocycles. The second kappa shape index (κ2) is 5.19. The van der Waals surface area contributed by atoms with Gasteiger partial charge in [-0.05, 0) is 43.2 Å².